The standard InChI is InChI=1S/C24H38N2O/c1-24(2)17-22(19-26-13-15-27-16-14-26)23(24)10-12-25-11-6-9-21(18-25)20-7-4-3-5-8-20/h3-5,7-8,21-23H,6,9-19H2,1-2H3/t21?,22?,23-/m0/s1. The van der Waals surface area contributed by atoms with Crippen molar-refractivity contribution >= 4 is 0 Å². The monoisotopic (exact) mass is 370 g/mol. The van der Waals surface area contributed by atoms with Gasteiger partial charge in [-0.2, -0.15) is 0 Å². The van der Waals surface area contributed by atoms with E-state index in [1.54, 1.807) is 0 Å². The van der Waals surface area contributed by atoms with Crippen LogP contribution in [-0.2, 0) is 4.74 Å². The minimum Gasteiger partial charge on any atom is -0.379 e. The third-order valence-corrected chi connectivity index (χ3v) is 7.49. The Labute approximate surface area is 166 Å². The molecule has 1 aromatic carbocycles. The zero-order chi connectivity index (χ0) is 18.7. The molecule has 0 spiro atoms. The van der Waals surface area contributed by atoms with Crippen LogP contribution in [0, 0.1) is 17.3 Å². The number of ether oxygens (including phenoxy) is 1. The molecule has 3 nitrogen and oxygen atoms in total. The smallest absolute Gasteiger partial charge is 0.0594 e. The Balaban J connectivity index is 1.28. The molecule has 2 heterocycles. The van der Waals surface area contributed by atoms with Crippen LogP contribution in [0.4, 0.5) is 0 Å². The molecule has 1 aromatic rings. The molecule has 0 amide bonds. The molecule has 2 unspecified atom stereocenters. The number of nitrogens with zero attached hydrogens (tertiary/aromatic N) is 2. The molecule has 3 fully saturated rings. The molecule has 0 aromatic heterocycles. The average Bonchev–Trinajstić information content (AvgIpc) is 2.69. The summed E-state index contributed by atoms with van der Waals surface area (Å²) in [5.41, 5.74) is 2.07. The number of morpholine rings is 1. The van der Waals surface area contributed by atoms with Crippen LogP contribution in [-0.4, -0.2) is 62.3 Å². The maximum Gasteiger partial charge on any atom is 0.0594 e. The zero-order valence-electron chi connectivity index (χ0n) is 17.4. The lowest BCUT2D eigenvalue weighted by molar-refractivity contribution is -0.0564. The first-order valence-electron chi connectivity index (χ1n) is 11.2. The highest BCUT2D eigenvalue weighted by Crippen LogP contribution is 2.52. The fourth-order valence-electron chi connectivity index (χ4n) is 5.96. The maximum atomic E-state index is 5.53. The highest BCUT2D eigenvalue weighted by atomic mass is 16.5. The van der Waals surface area contributed by atoms with Gasteiger partial charge in [-0.05, 0) is 67.5 Å². The highest BCUT2D eigenvalue weighted by Gasteiger charge is 2.47. The van der Waals surface area contributed by atoms with E-state index in [-0.39, 0.29) is 0 Å². The second-order valence-electron chi connectivity index (χ2n) is 9.81. The molecule has 0 bridgehead atoms. The van der Waals surface area contributed by atoms with Crippen LogP contribution in [0.15, 0.2) is 30.3 Å². The van der Waals surface area contributed by atoms with Crippen LogP contribution >= 0.6 is 0 Å². The van der Waals surface area contributed by atoms with Gasteiger partial charge in [0.1, 0.15) is 0 Å². The van der Waals surface area contributed by atoms with E-state index in [1.165, 1.54) is 57.4 Å². The van der Waals surface area contributed by atoms with Gasteiger partial charge in [-0.3, -0.25) is 4.90 Å². The first-order valence-corrected chi connectivity index (χ1v) is 11.2. The molecule has 0 radical (unpaired) electrons. The normalized spacial score (nSPS) is 32.1. The van der Waals surface area contributed by atoms with Gasteiger partial charge in [0.25, 0.3) is 0 Å². The van der Waals surface area contributed by atoms with Gasteiger partial charge in [0.2, 0.25) is 0 Å². The van der Waals surface area contributed by atoms with Crippen molar-refractivity contribution in [2.24, 2.45) is 17.3 Å². The van der Waals surface area contributed by atoms with Crippen molar-refractivity contribution in [1.29, 1.82) is 0 Å². The van der Waals surface area contributed by atoms with E-state index >= 15 is 0 Å². The number of hydrogen-bond acceptors (Lipinski definition) is 3. The third kappa shape index (κ3) is 4.75. The summed E-state index contributed by atoms with van der Waals surface area (Å²) in [4.78, 5) is 5.39. The van der Waals surface area contributed by atoms with Gasteiger partial charge < -0.3 is 9.64 Å². The van der Waals surface area contributed by atoms with E-state index < -0.39 is 0 Å². The number of likely N-dealkylation sites (tertiary alicyclic amines) is 1. The van der Waals surface area contributed by atoms with E-state index in [0.717, 1.165) is 44.1 Å². The molecule has 1 aliphatic carbocycles. The van der Waals surface area contributed by atoms with E-state index in [2.05, 4.69) is 54.0 Å². The third-order valence-electron chi connectivity index (χ3n) is 7.49. The second-order valence-corrected chi connectivity index (χ2v) is 9.81. The molecule has 3 heteroatoms. The first-order chi connectivity index (χ1) is 13.1. The van der Waals surface area contributed by atoms with Gasteiger partial charge >= 0.3 is 0 Å². The summed E-state index contributed by atoms with van der Waals surface area (Å²) >= 11 is 0. The first kappa shape index (κ1) is 19.4. The zero-order valence-corrected chi connectivity index (χ0v) is 17.4. The minimum atomic E-state index is 0.533. The molecular formula is C24H38N2O. The minimum absolute atomic E-state index is 0.533. The highest BCUT2D eigenvalue weighted by molar-refractivity contribution is 5.20. The van der Waals surface area contributed by atoms with Gasteiger partial charge in [0.15, 0.2) is 0 Å². The quantitative estimate of drug-likeness (QED) is 0.744. The predicted octanol–water partition coefficient (Wildman–Crippen LogP) is 4.25. The lowest BCUT2D eigenvalue weighted by Gasteiger charge is -2.54. The van der Waals surface area contributed by atoms with Crippen molar-refractivity contribution in [1.82, 2.24) is 9.80 Å². The fraction of sp³-hybridized carbons (Fsp3) is 0.750. The molecule has 2 saturated heterocycles. The van der Waals surface area contributed by atoms with Crippen LogP contribution in [0.5, 0.6) is 0 Å². The molecule has 3 atom stereocenters. The fourth-order valence-corrected chi connectivity index (χ4v) is 5.96. The van der Waals surface area contributed by atoms with Crippen LogP contribution in [0.2, 0.25) is 0 Å². The summed E-state index contributed by atoms with van der Waals surface area (Å²) in [5, 5.41) is 0. The lowest BCUT2D eigenvalue weighted by Crippen LogP contribution is -2.52. The molecule has 1 saturated carbocycles. The number of hydrogen-bond donors (Lipinski definition) is 0. The summed E-state index contributed by atoms with van der Waals surface area (Å²) in [6, 6.07) is 11.2. The van der Waals surface area contributed by atoms with Crippen molar-refractivity contribution in [2.45, 2.75) is 45.4 Å². The van der Waals surface area contributed by atoms with Crippen molar-refractivity contribution in [2.75, 3.05) is 52.5 Å². The van der Waals surface area contributed by atoms with E-state index in [1.807, 2.05) is 0 Å². The van der Waals surface area contributed by atoms with Gasteiger partial charge in [-0.15, -0.1) is 0 Å². The summed E-state index contributed by atoms with van der Waals surface area (Å²) in [6.07, 6.45) is 5.49. The van der Waals surface area contributed by atoms with E-state index in [9.17, 15) is 0 Å². The molecule has 4 rings (SSSR count). The van der Waals surface area contributed by atoms with Gasteiger partial charge in [0.05, 0.1) is 13.2 Å². The molecule has 150 valence electrons. The van der Waals surface area contributed by atoms with Gasteiger partial charge in [-0.1, -0.05) is 44.2 Å². The Morgan fingerprint density at radius 2 is 1.81 bits per heavy atom. The number of benzene rings is 1. The van der Waals surface area contributed by atoms with E-state index in [0.29, 0.717) is 5.41 Å². The maximum absolute atomic E-state index is 5.53. The van der Waals surface area contributed by atoms with E-state index in [4.69, 9.17) is 4.74 Å². The Morgan fingerprint density at radius 1 is 1.04 bits per heavy atom. The summed E-state index contributed by atoms with van der Waals surface area (Å²) < 4.78 is 5.53. The largest absolute Gasteiger partial charge is 0.379 e. The van der Waals surface area contributed by atoms with Crippen LogP contribution in [0.25, 0.3) is 0 Å². The molecule has 27 heavy (non-hydrogen) atoms. The van der Waals surface area contributed by atoms with Gasteiger partial charge in [0, 0.05) is 26.2 Å². The van der Waals surface area contributed by atoms with Crippen LogP contribution in [0.3, 0.4) is 0 Å². The summed E-state index contributed by atoms with van der Waals surface area (Å²) in [7, 11) is 0. The Kier molecular flexibility index (Phi) is 6.21. The molecule has 2 aliphatic heterocycles. The molecule has 0 N–H and O–H groups in total. The lowest BCUT2D eigenvalue weighted by atomic mass is 9.54. The Bertz CT molecular complexity index is 581. The summed E-state index contributed by atoms with van der Waals surface area (Å²) in [5.74, 6) is 2.52. The van der Waals surface area contributed by atoms with Crippen molar-refractivity contribution in [3.63, 3.8) is 0 Å². The Hall–Kier alpha value is -0.900. The van der Waals surface area contributed by atoms with Crippen molar-refractivity contribution in [3.05, 3.63) is 35.9 Å². The molecule has 3 aliphatic rings. The second kappa shape index (κ2) is 8.63. The number of rotatable bonds is 6. The van der Waals surface area contributed by atoms with Gasteiger partial charge in [-0.25, -0.2) is 0 Å². The molecular weight excluding hydrogens is 332 g/mol. The predicted molar refractivity (Wildman–Crippen MR) is 112 cm³/mol. The SMILES string of the molecule is CC1(C)CC(CN2CCOCC2)[C@@H]1CCN1CCCC(c2ccccc2)C1. The number of piperidine rings is 1. The van der Waals surface area contributed by atoms with Crippen molar-refractivity contribution < 1.29 is 4.74 Å². The average molecular weight is 371 g/mol. The topological polar surface area (TPSA) is 15.7 Å². The van der Waals surface area contributed by atoms with Crippen LogP contribution in [0.1, 0.15) is 51.0 Å². The van der Waals surface area contributed by atoms with Crippen LogP contribution < -0.4 is 0 Å². The Morgan fingerprint density at radius 3 is 2.56 bits per heavy atom. The van der Waals surface area contributed by atoms with Crippen molar-refractivity contribution in [3.8, 4) is 0 Å². The summed E-state index contributed by atoms with van der Waals surface area (Å²) in [6.45, 7) is 14.2.